The highest BCUT2D eigenvalue weighted by atomic mass is 32.2. The van der Waals surface area contributed by atoms with E-state index in [4.69, 9.17) is 5.73 Å². The molecule has 9 nitrogen and oxygen atoms in total. The molecule has 2 heterocycles. The van der Waals surface area contributed by atoms with Gasteiger partial charge in [0.15, 0.2) is 0 Å². The van der Waals surface area contributed by atoms with Crippen LogP contribution in [-0.2, 0) is 14.8 Å². The van der Waals surface area contributed by atoms with Crippen molar-refractivity contribution >= 4 is 15.9 Å². The second kappa shape index (κ2) is 8.17. The number of nitrogens with one attached hydrogen (secondary N) is 1. The fourth-order valence-corrected chi connectivity index (χ4v) is 4.10. The van der Waals surface area contributed by atoms with Crippen LogP contribution in [0.15, 0.2) is 47.6 Å². The number of rotatable bonds is 6. The van der Waals surface area contributed by atoms with Crippen LogP contribution in [0.2, 0.25) is 0 Å². The van der Waals surface area contributed by atoms with Gasteiger partial charge < -0.3 is 15.5 Å². The average molecular weight is 392 g/mol. The first-order chi connectivity index (χ1) is 12.9. The molecule has 1 amide bonds. The van der Waals surface area contributed by atoms with Crippen LogP contribution in [0, 0.1) is 0 Å². The lowest BCUT2D eigenvalue weighted by Crippen LogP contribution is -2.56. The minimum Gasteiger partial charge on any atom is -0.339 e. The van der Waals surface area contributed by atoms with E-state index in [0.717, 1.165) is 18.8 Å². The molecule has 1 atom stereocenters. The second-order valence-electron chi connectivity index (χ2n) is 6.48. The number of sulfonamides is 1. The maximum Gasteiger partial charge on any atom is 0.242 e. The Bertz CT molecular complexity index is 859. The Morgan fingerprint density at radius 3 is 2.44 bits per heavy atom. The fraction of sp³-hybridized carbons (Fsp3) is 0.412. The maximum atomic E-state index is 12.7. The monoisotopic (exact) mass is 392 g/mol. The molecule has 1 aliphatic heterocycles. The molecule has 0 aliphatic carbocycles. The Hall–Kier alpha value is -2.27. The predicted octanol–water partition coefficient (Wildman–Crippen LogP) is -0.748. The molecule has 1 aromatic heterocycles. The molecular formula is C17H24N6O3S. The van der Waals surface area contributed by atoms with Gasteiger partial charge in [-0.15, -0.1) is 0 Å². The smallest absolute Gasteiger partial charge is 0.242 e. The summed E-state index contributed by atoms with van der Waals surface area (Å²) < 4.78 is 29.4. The molecule has 27 heavy (non-hydrogen) atoms. The van der Waals surface area contributed by atoms with E-state index in [2.05, 4.69) is 14.7 Å². The summed E-state index contributed by atoms with van der Waals surface area (Å²) >= 11 is 0. The van der Waals surface area contributed by atoms with Crippen LogP contribution in [0.5, 0.6) is 0 Å². The minimum absolute atomic E-state index is 0.0723. The molecule has 0 radical (unpaired) electrons. The Balaban J connectivity index is 1.71. The predicted molar refractivity (Wildman–Crippen MR) is 101 cm³/mol. The molecule has 0 bridgehead atoms. The zero-order valence-electron chi connectivity index (χ0n) is 15.2. The highest BCUT2D eigenvalue weighted by Crippen LogP contribution is 2.14. The fourth-order valence-electron chi connectivity index (χ4n) is 2.90. The van der Waals surface area contributed by atoms with Gasteiger partial charge in [-0.3, -0.25) is 4.79 Å². The van der Waals surface area contributed by atoms with Crippen LogP contribution in [0.1, 0.15) is 0 Å². The average Bonchev–Trinajstić information content (AvgIpc) is 3.21. The zero-order valence-corrected chi connectivity index (χ0v) is 16.0. The van der Waals surface area contributed by atoms with E-state index < -0.39 is 16.1 Å². The zero-order chi connectivity index (χ0) is 19.4. The van der Waals surface area contributed by atoms with Gasteiger partial charge in [0, 0.05) is 45.1 Å². The number of hydrogen-bond donors (Lipinski definition) is 2. The van der Waals surface area contributed by atoms with Crippen molar-refractivity contribution in [3.8, 4) is 5.69 Å². The van der Waals surface area contributed by atoms with Gasteiger partial charge in [-0.05, 0) is 37.4 Å². The standard InChI is InChI=1S/C17H24N6O3S/c1-21-9-11-22(12-10-21)17(24)16(13-18)20-27(25,26)15-5-3-14(4-6-15)23-8-2-7-19-23/h2-8,16,20H,9-13,18H2,1H3/t16-/m0/s1. The second-order valence-corrected chi connectivity index (χ2v) is 8.20. The molecule has 0 spiro atoms. The normalized spacial score (nSPS) is 17.0. The number of nitrogens with two attached hydrogens (primary N) is 1. The molecule has 1 fully saturated rings. The molecule has 3 N–H and O–H groups in total. The first-order valence-electron chi connectivity index (χ1n) is 8.70. The van der Waals surface area contributed by atoms with Gasteiger partial charge in [0.05, 0.1) is 10.6 Å². The summed E-state index contributed by atoms with van der Waals surface area (Å²) in [6.45, 7) is 2.53. The number of aromatic nitrogens is 2. The number of piperazine rings is 1. The van der Waals surface area contributed by atoms with E-state index in [9.17, 15) is 13.2 Å². The van der Waals surface area contributed by atoms with Crippen molar-refractivity contribution in [1.29, 1.82) is 0 Å². The Labute approximate surface area is 158 Å². The molecule has 0 unspecified atom stereocenters. The van der Waals surface area contributed by atoms with E-state index in [1.54, 1.807) is 40.2 Å². The topological polar surface area (TPSA) is 114 Å². The van der Waals surface area contributed by atoms with E-state index in [1.807, 2.05) is 7.05 Å². The maximum absolute atomic E-state index is 12.7. The summed E-state index contributed by atoms with van der Waals surface area (Å²) in [5, 5.41) is 4.10. The quantitative estimate of drug-likeness (QED) is 0.669. The summed E-state index contributed by atoms with van der Waals surface area (Å²) in [7, 11) is -1.89. The number of hydrogen-bond acceptors (Lipinski definition) is 6. The van der Waals surface area contributed by atoms with Crippen molar-refractivity contribution in [2.75, 3.05) is 39.8 Å². The third-order valence-electron chi connectivity index (χ3n) is 4.56. The van der Waals surface area contributed by atoms with Crippen LogP contribution in [0.3, 0.4) is 0 Å². The molecule has 1 aromatic carbocycles. The number of carbonyl (C=O) groups is 1. The van der Waals surface area contributed by atoms with Crippen molar-refractivity contribution in [3.63, 3.8) is 0 Å². The van der Waals surface area contributed by atoms with Gasteiger partial charge >= 0.3 is 0 Å². The van der Waals surface area contributed by atoms with E-state index in [1.165, 1.54) is 12.1 Å². The third-order valence-corrected chi connectivity index (χ3v) is 6.05. The van der Waals surface area contributed by atoms with Crippen LogP contribution < -0.4 is 10.5 Å². The van der Waals surface area contributed by atoms with Crippen molar-refractivity contribution in [1.82, 2.24) is 24.3 Å². The van der Waals surface area contributed by atoms with Crippen LogP contribution in [-0.4, -0.2) is 79.7 Å². The van der Waals surface area contributed by atoms with Gasteiger partial charge in [0.2, 0.25) is 15.9 Å². The molecule has 1 saturated heterocycles. The first-order valence-corrected chi connectivity index (χ1v) is 10.2. The number of carbonyl (C=O) groups excluding carboxylic acids is 1. The van der Waals surface area contributed by atoms with Crippen LogP contribution >= 0.6 is 0 Å². The third kappa shape index (κ3) is 4.53. The Morgan fingerprint density at radius 2 is 1.89 bits per heavy atom. The van der Waals surface area contributed by atoms with Gasteiger partial charge in [0.25, 0.3) is 0 Å². The summed E-state index contributed by atoms with van der Waals surface area (Å²) in [5.41, 5.74) is 6.42. The van der Waals surface area contributed by atoms with Crippen molar-refractivity contribution < 1.29 is 13.2 Å². The van der Waals surface area contributed by atoms with Crippen LogP contribution in [0.4, 0.5) is 0 Å². The van der Waals surface area contributed by atoms with E-state index in [0.29, 0.717) is 13.1 Å². The summed E-state index contributed by atoms with van der Waals surface area (Å²) in [6.07, 6.45) is 3.41. The van der Waals surface area contributed by atoms with Crippen molar-refractivity contribution in [2.45, 2.75) is 10.9 Å². The van der Waals surface area contributed by atoms with Gasteiger partial charge in [-0.25, -0.2) is 13.1 Å². The van der Waals surface area contributed by atoms with Gasteiger partial charge in [-0.1, -0.05) is 0 Å². The highest BCUT2D eigenvalue weighted by molar-refractivity contribution is 7.89. The SMILES string of the molecule is CN1CCN(C(=O)[C@H](CN)NS(=O)(=O)c2ccc(-n3cccn3)cc2)CC1. The van der Waals surface area contributed by atoms with E-state index in [-0.39, 0.29) is 17.3 Å². The summed E-state index contributed by atoms with van der Waals surface area (Å²) in [6, 6.07) is 7.06. The summed E-state index contributed by atoms with van der Waals surface area (Å²) in [4.78, 5) is 16.5. The molecule has 3 rings (SSSR count). The largest absolute Gasteiger partial charge is 0.339 e. The van der Waals surface area contributed by atoms with Crippen LogP contribution in [0.25, 0.3) is 5.69 Å². The molecule has 146 valence electrons. The first kappa shape index (κ1) is 19.5. The summed E-state index contributed by atoms with van der Waals surface area (Å²) in [5.74, 6) is -0.290. The Morgan fingerprint density at radius 1 is 1.22 bits per heavy atom. The highest BCUT2D eigenvalue weighted by Gasteiger charge is 2.29. The number of nitrogens with zero attached hydrogens (tertiary/aromatic N) is 4. The number of amides is 1. The number of likely N-dealkylation sites (N-methyl/N-ethyl adjacent to an activating group) is 1. The molecule has 2 aromatic rings. The van der Waals surface area contributed by atoms with Gasteiger partial charge in [0.1, 0.15) is 6.04 Å². The molecule has 10 heteroatoms. The lowest BCUT2D eigenvalue weighted by atomic mass is 10.2. The molecule has 0 saturated carbocycles. The lowest BCUT2D eigenvalue weighted by molar-refractivity contribution is -0.134. The molecular weight excluding hydrogens is 368 g/mol. The molecule has 1 aliphatic rings. The van der Waals surface area contributed by atoms with Gasteiger partial charge in [-0.2, -0.15) is 9.82 Å². The lowest BCUT2D eigenvalue weighted by Gasteiger charge is -2.34. The number of benzene rings is 1. The Kier molecular flexibility index (Phi) is 5.90. The minimum atomic E-state index is -3.87. The van der Waals surface area contributed by atoms with Crippen molar-refractivity contribution in [2.24, 2.45) is 5.73 Å². The van der Waals surface area contributed by atoms with E-state index >= 15 is 0 Å². The van der Waals surface area contributed by atoms with Crippen molar-refractivity contribution in [3.05, 3.63) is 42.7 Å².